The molecule has 3 heterocycles. The van der Waals surface area contributed by atoms with Crippen LogP contribution in [0.4, 0.5) is 0 Å². The second kappa shape index (κ2) is 11.2. The number of aliphatic hydroxyl groups excluding tert-OH is 4. The third-order valence-corrected chi connectivity index (χ3v) is 8.03. The minimum atomic E-state index is -5.46. The smallest absolute Gasteiger partial charge is 0.394 e. The Hall–Kier alpha value is -1.34. The van der Waals surface area contributed by atoms with E-state index >= 15 is 0 Å². The topological polar surface area (TPSA) is 283 Å². The third kappa shape index (κ3) is 6.75. The third-order valence-electron chi connectivity index (χ3n) is 5.43. The summed E-state index contributed by atoms with van der Waals surface area (Å²) in [5, 5.41) is 38.9. The zero-order chi connectivity index (χ0) is 27.0. The van der Waals surface area contributed by atoms with Crippen molar-refractivity contribution in [2.24, 2.45) is 5.73 Å². The molecular formula is C16H27N3O15P2. The number of hydrogen-bond acceptors (Lipinski definition) is 14. The van der Waals surface area contributed by atoms with Gasteiger partial charge in [0.25, 0.3) is 5.56 Å². The highest BCUT2D eigenvalue weighted by atomic mass is 31.3. The molecule has 36 heavy (non-hydrogen) atoms. The van der Waals surface area contributed by atoms with Gasteiger partial charge >= 0.3 is 21.3 Å². The van der Waals surface area contributed by atoms with E-state index in [9.17, 15) is 43.8 Å². The Bertz CT molecular complexity index is 1140. The first kappa shape index (κ1) is 29.2. The van der Waals surface area contributed by atoms with Crippen LogP contribution in [0.2, 0.25) is 0 Å². The van der Waals surface area contributed by atoms with E-state index in [4.69, 9.17) is 20.3 Å². The molecule has 0 radical (unpaired) electrons. The van der Waals surface area contributed by atoms with Gasteiger partial charge in [-0.1, -0.05) is 0 Å². The molecule has 2 fully saturated rings. The second-order valence-electron chi connectivity index (χ2n) is 8.11. The van der Waals surface area contributed by atoms with Crippen LogP contribution in [0.25, 0.3) is 0 Å². The highest BCUT2D eigenvalue weighted by molar-refractivity contribution is 7.61. The predicted molar refractivity (Wildman–Crippen MR) is 114 cm³/mol. The van der Waals surface area contributed by atoms with Crippen molar-refractivity contribution in [1.29, 1.82) is 0 Å². The highest BCUT2D eigenvalue weighted by Crippen LogP contribution is 2.61. The van der Waals surface area contributed by atoms with Gasteiger partial charge in [-0.15, -0.1) is 0 Å². The number of aromatic amines is 1. The van der Waals surface area contributed by atoms with Crippen molar-refractivity contribution < 1.29 is 62.2 Å². The SMILES string of the molecule is Cc1cn([C@H]2C[C@H](O)[C@@H](COP(=O)(O)OP(=O)(O)O[C@H]3O[C@H](CO)[C@@H](O)[C@H](O)[C@H]3N)O2)c(=O)[nH]c1=O. The lowest BCUT2D eigenvalue weighted by atomic mass is 9.98. The molecule has 2 aliphatic rings. The molecule has 20 heteroatoms. The molecule has 0 saturated carbocycles. The molecule has 9 N–H and O–H groups in total. The summed E-state index contributed by atoms with van der Waals surface area (Å²) in [6.45, 7) is -0.217. The molecule has 1 aromatic heterocycles. The molecule has 0 aliphatic carbocycles. The van der Waals surface area contributed by atoms with Crippen LogP contribution >= 0.6 is 15.6 Å². The van der Waals surface area contributed by atoms with E-state index in [-0.39, 0.29) is 12.0 Å². The number of nitrogens with zero attached hydrogens (tertiary/aromatic N) is 1. The van der Waals surface area contributed by atoms with E-state index in [0.717, 1.165) is 4.57 Å². The number of nitrogens with two attached hydrogens (primary N) is 1. The number of aliphatic hydroxyl groups is 4. The van der Waals surface area contributed by atoms with E-state index in [1.54, 1.807) is 0 Å². The average molecular weight is 563 g/mol. The monoisotopic (exact) mass is 563 g/mol. The number of nitrogens with one attached hydrogen (secondary N) is 1. The largest absolute Gasteiger partial charge is 0.483 e. The van der Waals surface area contributed by atoms with Gasteiger partial charge in [-0.05, 0) is 6.92 Å². The van der Waals surface area contributed by atoms with E-state index in [1.807, 2.05) is 0 Å². The lowest BCUT2D eigenvalue weighted by molar-refractivity contribution is -0.242. The number of phosphoric acid groups is 2. The summed E-state index contributed by atoms with van der Waals surface area (Å²) >= 11 is 0. The van der Waals surface area contributed by atoms with Crippen molar-refractivity contribution in [2.75, 3.05) is 13.2 Å². The summed E-state index contributed by atoms with van der Waals surface area (Å²) in [5.74, 6) is 0. The fourth-order valence-corrected chi connectivity index (χ4v) is 5.68. The number of ether oxygens (including phenoxy) is 2. The van der Waals surface area contributed by atoms with Crippen molar-refractivity contribution in [3.63, 3.8) is 0 Å². The van der Waals surface area contributed by atoms with Gasteiger partial charge in [-0.3, -0.25) is 23.4 Å². The van der Waals surface area contributed by atoms with Crippen molar-refractivity contribution in [3.8, 4) is 0 Å². The number of phosphoric ester groups is 2. The molecule has 0 amide bonds. The van der Waals surface area contributed by atoms with Crippen LogP contribution in [0.5, 0.6) is 0 Å². The maximum absolute atomic E-state index is 12.2. The van der Waals surface area contributed by atoms with E-state index in [0.29, 0.717) is 0 Å². The molecule has 3 rings (SSSR count). The molecule has 0 aromatic carbocycles. The summed E-state index contributed by atoms with van der Waals surface area (Å²) in [6, 6.07) is -1.61. The lowest BCUT2D eigenvalue weighted by Crippen LogP contribution is -2.62. The lowest BCUT2D eigenvalue weighted by Gasteiger charge is -2.40. The van der Waals surface area contributed by atoms with E-state index in [1.165, 1.54) is 13.1 Å². The first-order valence-electron chi connectivity index (χ1n) is 10.4. The van der Waals surface area contributed by atoms with Gasteiger partial charge in [0.2, 0.25) is 0 Å². The molecule has 2 aliphatic heterocycles. The molecule has 18 nitrogen and oxygen atoms in total. The zero-order valence-electron chi connectivity index (χ0n) is 18.6. The number of rotatable bonds is 9. The summed E-state index contributed by atoms with van der Waals surface area (Å²) < 4.78 is 49.2. The van der Waals surface area contributed by atoms with Gasteiger partial charge in [-0.25, -0.2) is 13.9 Å². The van der Waals surface area contributed by atoms with Crippen LogP contribution in [-0.4, -0.2) is 95.8 Å². The van der Waals surface area contributed by atoms with Gasteiger partial charge in [0.05, 0.1) is 25.4 Å². The second-order valence-corrected chi connectivity index (χ2v) is 11.1. The minimum absolute atomic E-state index is 0.158. The first-order valence-corrected chi connectivity index (χ1v) is 13.4. The maximum atomic E-state index is 12.2. The minimum Gasteiger partial charge on any atom is -0.394 e. The molecule has 0 spiro atoms. The molecule has 206 valence electrons. The summed E-state index contributed by atoms with van der Waals surface area (Å²) in [6.07, 6.45) is -9.37. The number of aryl methyl sites for hydroxylation is 1. The Balaban J connectivity index is 1.59. The number of H-pyrrole nitrogens is 1. The van der Waals surface area contributed by atoms with Gasteiger partial charge in [-0.2, -0.15) is 4.31 Å². The first-order chi connectivity index (χ1) is 16.6. The van der Waals surface area contributed by atoms with Crippen molar-refractivity contribution in [1.82, 2.24) is 9.55 Å². The summed E-state index contributed by atoms with van der Waals surface area (Å²) in [5.41, 5.74) is 4.33. The van der Waals surface area contributed by atoms with E-state index < -0.39 is 89.2 Å². The zero-order valence-corrected chi connectivity index (χ0v) is 20.4. The Morgan fingerprint density at radius 3 is 2.44 bits per heavy atom. The van der Waals surface area contributed by atoms with Gasteiger partial charge in [0.1, 0.15) is 30.6 Å². The Labute approximate surface area is 202 Å². The summed E-state index contributed by atoms with van der Waals surface area (Å²) in [7, 11) is -10.8. The van der Waals surface area contributed by atoms with Gasteiger partial charge < -0.3 is 45.4 Å². The maximum Gasteiger partial charge on any atom is 0.483 e. The fraction of sp³-hybridized carbons (Fsp3) is 0.750. The number of aromatic nitrogens is 2. The standard InChI is InChI=1S/C16H27N3O15P2/c1-6-3-19(16(25)18-14(6)24)10-2-7(21)9(31-10)5-30-35(26,27)34-36(28,29)33-15-11(17)13(23)12(22)8(4-20)32-15/h3,7-13,15,20-23H,2,4-5,17H2,1H3,(H,26,27)(H,28,29)(H,18,24,25)/t7-,8+,9+,10+,11+,12+,13+,15+/m0/s1. The Morgan fingerprint density at radius 2 is 1.81 bits per heavy atom. The van der Waals surface area contributed by atoms with Crippen LogP contribution in [0.1, 0.15) is 18.2 Å². The van der Waals surface area contributed by atoms with E-state index in [2.05, 4.69) is 18.3 Å². The average Bonchev–Trinajstić information content (AvgIpc) is 3.14. The quantitative estimate of drug-likeness (QED) is 0.135. The van der Waals surface area contributed by atoms with Crippen LogP contribution in [0.3, 0.4) is 0 Å². The van der Waals surface area contributed by atoms with Gasteiger partial charge in [0.15, 0.2) is 6.29 Å². The van der Waals surface area contributed by atoms with Crippen LogP contribution in [0.15, 0.2) is 15.8 Å². The van der Waals surface area contributed by atoms with Crippen LogP contribution in [-0.2, 0) is 32.0 Å². The van der Waals surface area contributed by atoms with Crippen molar-refractivity contribution in [2.45, 2.75) is 62.4 Å². The normalized spacial score (nSPS) is 36.3. The molecule has 2 unspecified atom stereocenters. The van der Waals surface area contributed by atoms with Crippen LogP contribution < -0.4 is 17.0 Å². The van der Waals surface area contributed by atoms with Crippen molar-refractivity contribution in [3.05, 3.63) is 32.6 Å². The Kier molecular flexibility index (Phi) is 9.08. The molecular weight excluding hydrogens is 536 g/mol. The highest BCUT2D eigenvalue weighted by Gasteiger charge is 2.48. The molecule has 1 aromatic rings. The molecule has 0 bridgehead atoms. The molecule has 10 atom stereocenters. The number of hydrogen-bond donors (Lipinski definition) is 8. The van der Waals surface area contributed by atoms with Gasteiger partial charge in [0, 0.05) is 18.2 Å². The summed E-state index contributed by atoms with van der Waals surface area (Å²) in [4.78, 5) is 45.3. The Morgan fingerprint density at radius 1 is 1.14 bits per heavy atom. The van der Waals surface area contributed by atoms with Crippen LogP contribution in [0, 0.1) is 6.92 Å². The molecule has 2 saturated heterocycles. The van der Waals surface area contributed by atoms with Crippen molar-refractivity contribution >= 4 is 15.6 Å². The fourth-order valence-electron chi connectivity index (χ4n) is 3.51. The predicted octanol–water partition coefficient (Wildman–Crippen LogP) is -3.49.